The van der Waals surface area contributed by atoms with E-state index in [1.165, 1.54) is 42.5 Å². The quantitative estimate of drug-likeness (QED) is 0.855. The zero-order valence-corrected chi connectivity index (χ0v) is 12.4. The topological polar surface area (TPSA) is 24.9 Å². The van der Waals surface area contributed by atoms with Crippen LogP contribution in [-0.2, 0) is 0 Å². The first-order chi connectivity index (χ1) is 9.33. The van der Waals surface area contributed by atoms with Gasteiger partial charge < -0.3 is 5.32 Å². The maximum Gasteiger partial charge on any atom is 0.117 e. The van der Waals surface area contributed by atoms with Gasteiger partial charge in [-0.05, 0) is 48.3 Å². The Labute approximate surface area is 119 Å². The molecule has 0 saturated heterocycles. The fourth-order valence-corrected chi connectivity index (χ4v) is 4.01. The SMILES string of the molecule is CC1CCCC(CCNc2snc3ccccc23)C1. The molecule has 0 amide bonds. The Morgan fingerprint density at radius 2 is 2.21 bits per heavy atom. The number of nitrogens with one attached hydrogen (secondary N) is 1. The molecule has 1 fully saturated rings. The standard InChI is InChI=1S/C16H22N2S/c1-12-5-4-6-13(11-12)9-10-17-16-14-7-2-3-8-15(14)18-19-16/h2-3,7-8,12-13,17H,4-6,9-11H2,1H3. The zero-order chi connectivity index (χ0) is 13.1. The molecule has 2 unspecified atom stereocenters. The van der Waals surface area contributed by atoms with E-state index < -0.39 is 0 Å². The molecule has 1 aliphatic rings. The van der Waals surface area contributed by atoms with Crippen LogP contribution in [0, 0.1) is 11.8 Å². The second-order valence-corrected chi connectivity index (χ2v) is 6.66. The number of aromatic nitrogens is 1. The molecule has 2 nitrogen and oxygen atoms in total. The summed E-state index contributed by atoms with van der Waals surface area (Å²) in [6.07, 6.45) is 7.01. The minimum Gasteiger partial charge on any atom is -0.375 e. The second-order valence-electron chi connectivity index (χ2n) is 5.88. The predicted molar refractivity (Wildman–Crippen MR) is 83.8 cm³/mol. The number of hydrogen-bond acceptors (Lipinski definition) is 3. The summed E-state index contributed by atoms with van der Waals surface area (Å²) < 4.78 is 4.48. The lowest BCUT2D eigenvalue weighted by atomic mass is 9.81. The lowest BCUT2D eigenvalue weighted by Crippen LogP contribution is -2.16. The summed E-state index contributed by atoms with van der Waals surface area (Å²) in [5.74, 6) is 1.86. The second kappa shape index (κ2) is 5.91. The number of hydrogen-bond donors (Lipinski definition) is 1. The van der Waals surface area contributed by atoms with Crippen molar-refractivity contribution in [3.8, 4) is 0 Å². The van der Waals surface area contributed by atoms with Crippen molar-refractivity contribution in [1.29, 1.82) is 0 Å². The predicted octanol–water partition coefficient (Wildman–Crippen LogP) is 4.92. The maximum atomic E-state index is 4.48. The van der Waals surface area contributed by atoms with Crippen molar-refractivity contribution >= 4 is 27.4 Å². The van der Waals surface area contributed by atoms with Crippen LogP contribution in [0.25, 0.3) is 10.9 Å². The average molecular weight is 274 g/mol. The third-order valence-electron chi connectivity index (χ3n) is 4.27. The molecule has 0 spiro atoms. The summed E-state index contributed by atoms with van der Waals surface area (Å²) in [4.78, 5) is 0. The Morgan fingerprint density at radius 1 is 1.32 bits per heavy atom. The summed E-state index contributed by atoms with van der Waals surface area (Å²) in [7, 11) is 0. The van der Waals surface area contributed by atoms with Crippen molar-refractivity contribution in [2.45, 2.75) is 39.0 Å². The normalized spacial score (nSPS) is 23.6. The molecule has 0 aliphatic heterocycles. The highest BCUT2D eigenvalue weighted by atomic mass is 32.1. The summed E-state index contributed by atoms with van der Waals surface area (Å²) in [6, 6.07) is 8.38. The molecule has 0 radical (unpaired) electrons. The van der Waals surface area contributed by atoms with Crippen LogP contribution < -0.4 is 5.32 Å². The lowest BCUT2D eigenvalue weighted by molar-refractivity contribution is 0.274. The van der Waals surface area contributed by atoms with Gasteiger partial charge in [0.25, 0.3) is 0 Å². The van der Waals surface area contributed by atoms with Crippen molar-refractivity contribution in [2.75, 3.05) is 11.9 Å². The average Bonchev–Trinajstić information content (AvgIpc) is 2.83. The van der Waals surface area contributed by atoms with Gasteiger partial charge in [-0.2, -0.15) is 4.37 Å². The molecule has 1 heterocycles. The van der Waals surface area contributed by atoms with Crippen molar-refractivity contribution < 1.29 is 0 Å². The Bertz CT molecular complexity index is 534. The largest absolute Gasteiger partial charge is 0.375 e. The molecule has 1 saturated carbocycles. The highest BCUT2D eigenvalue weighted by Gasteiger charge is 2.18. The van der Waals surface area contributed by atoms with Gasteiger partial charge in [-0.1, -0.05) is 38.3 Å². The highest BCUT2D eigenvalue weighted by Crippen LogP contribution is 2.31. The van der Waals surface area contributed by atoms with Gasteiger partial charge in [-0.3, -0.25) is 0 Å². The molecule has 1 aromatic carbocycles. The van der Waals surface area contributed by atoms with E-state index in [2.05, 4.69) is 40.9 Å². The maximum absolute atomic E-state index is 4.48. The van der Waals surface area contributed by atoms with Gasteiger partial charge in [-0.25, -0.2) is 0 Å². The van der Waals surface area contributed by atoms with Crippen LogP contribution in [0.4, 0.5) is 5.00 Å². The minimum absolute atomic E-state index is 0.926. The van der Waals surface area contributed by atoms with E-state index in [4.69, 9.17) is 0 Å². The highest BCUT2D eigenvalue weighted by molar-refractivity contribution is 7.11. The van der Waals surface area contributed by atoms with E-state index in [9.17, 15) is 0 Å². The molecule has 1 aliphatic carbocycles. The van der Waals surface area contributed by atoms with Gasteiger partial charge in [0, 0.05) is 11.9 Å². The third kappa shape index (κ3) is 3.08. The molecule has 3 heteroatoms. The molecular weight excluding hydrogens is 252 g/mol. The van der Waals surface area contributed by atoms with Crippen LogP contribution in [0.15, 0.2) is 24.3 Å². The molecule has 19 heavy (non-hydrogen) atoms. The molecule has 102 valence electrons. The van der Waals surface area contributed by atoms with Gasteiger partial charge in [-0.15, -0.1) is 0 Å². The van der Waals surface area contributed by atoms with E-state index in [0.29, 0.717) is 0 Å². The van der Waals surface area contributed by atoms with E-state index in [-0.39, 0.29) is 0 Å². The number of nitrogens with zero attached hydrogens (tertiary/aromatic N) is 1. The monoisotopic (exact) mass is 274 g/mol. The summed E-state index contributed by atoms with van der Waals surface area (Å²) >= 11 is 1.59. The number of fused-ring (bicyclic) bond motifs is 1. The van der Waals surface area contributed by atoms with Crippen molar-refractivity contribution in [2.24, 2.45) is 11.8 Å². The number of rotatable bonds is 4. The molecule has 1 N–H and O–H groups in total. The Balaban J connectivity index is 1.55. The van der Waals surface area contributed by atoms with Crippen LogP contribution in [-0.4, -0.2) is 10.9 Å². The van der Waals surface area contributed by atoms with Gasteiger partial charge in [0.2, 0.25) is 0 Å². The summed E-state index contributed by atoms with van der Waals surface area (Å²) in [6.45, 7) is 3.49. The first-order valence-electron chi connectivity index (χ1n) is 7.41. The zero-order valence-electron chi connectivity index (χ0n) is 11.6. The fraction of sp³-hybridized carbons (Fsp3) is 0.562. The summed E-state index contributed by atoms with van der Waals surface area (Å²) in [5, 5.41) is 6.09. The van der Waals surface area contributed by atoms with Crippen LogP contribution >= 0.6 is 11.5 Å². The van der Waals surface area contributed by atoms with Crippen LogP contribution in [0.1, 0.15) is 39.0 Å². The lowest BCUT2D eigenvalue weighted by Gasteiger charge is -2.26. The van der Waals surface area contributed by atoms with Crippen LogP contribution in [0.5, 0.6) is 0 Å². The van der Waals surface area contributed by atoms with Crippen molar-refractivity contribution in [3.05, 3.63) is 24.3 Å². The Hall–Kier alpha value is -1.09. The van der Waals surface area contributed by atoms with E-state index in [0.717, 1.165) is 23.9 Å². The number of benzene rings is 1. The van der Waals surface area contributed by atoms with Crippen molar-refractivity contribution in [3.63, 3.8) is 0 Å². The molecule has 2 aromatic rings. The van der Waals surface area contributed by atoms with E-state index in [1.807, 2.05) is 0 Å². The van der Waals surface area contributed by atoms with Gasteiger partial charge in [0.05, 0.1) is 5.52 Å². The number of anilines is 1. The molecule has 0 bridgehead atoms. The van der Waals surface area contributed by atoms with Crippen LogP contribution in [0.3, 0.4) is 0 Å². The van der Waals surface area contributed by atoms with Crippen molar-refractivity contribution in [1.82, 2.24) is 4.37 Å². The van der Waals surface area contributed by atoms with E-state index in [1.54, 1.807) is 11.5 Å². The first kappa shape index (κ1) is 12.9. The third-order valence-corrected chi connectivity index (χ3v) is 5.10. The Morgan fingerprint density at radius 3 is 3.11 bits per heavy atom. The van der Waals surface area contributed by atoms with Gasteiger partial charge >= 0.3 is 0 Å². The molecular formula is C16H22N2S. The van der Waals surface area contributed by atoms with Gasteiger partial charge in [0.1, 0.15) is 5.00 Å². The van der Waals surface area contributed by atoms with Gasteiger partial charge in [0.15, 0.2) is 0 Å². The fourth-order valence-electron chi connectivity index (χ4n) is 3.23. The van der Waals surface area contributed by atoms with E-state index >= 15 is 0 Å². The smallest absolute Gasteiger partial charge is 0.117 e. The summed E-state index contributed by atoms with van der Waals surface area (Å²) in [5.41, 5.74) is 1.11. The first-order valence-corrected chi connectivity index (χ1v) is 8.18. The Kier molecular flexibility index (Phi) is 4.02. The molecule has 2 atom stereocenters. The minimum atomic E-state index is 0.926. The van der Waals surface area contributed by atoms with Crippen LogP contribution in [0.2, 0.25) is 0 Å². The molecule has 3 rings (SSSR count). The molecule has 1 aromatic heterocycles.